The van der Waals surface area contributed by atoms with Gasteiger partial charge in [-0.1, -0.05) is 18.1 Å². The Balaban J connectivity index is 2.24. The minimum atomic E-state index is -0.256. The first kappa shape index (κ1) is 13.8. The fourth-order valence-electron chi connectivity index (χ4n) is 1.92. The van der Waals surface area contributed by atoms with Gasteiger partial charge in [0.2, 0.25) is 0 Å². The smallest absolute Gasteiger partial charge is 0.123 e. The second-order valence-electron chi connectivity index (χ2n) is 4.50. The molecule has 4 heteroatoms. The molecule has 0 saturated heterocycles. The van der Waals surface area contributed by atoms with Gasteiger partial charge in [-0.2, -0.15) is 0 Å². The number of nitrogens with zero attached hydrogens (tertiary/aromatic N) is 1. The number of halogens is 1. The van der Waals surface area contributed by atoms with Gasteiger partial charge in [-0.3, -0.25) is 0 Å². The van der Waals surface area contributed by atoms with Crippen LogP contribution in [0, 0.1) is 18.2 Å². The molecule has 0 aliphatic rings. The van der Waals surface area contributed by atoms with Crippen LogP contribution < -0.4 is 16.4 Å². The predicted molar refractivity (Wildman–Crippen MR) is 81.5 cm³/mol. The van der Waals surface area contributed by atoms with Gasteiger partial charge in [0.25, 0.3) is 0 Å². The van der Waals surface area contributed by atoms with Crippen molar-refractivity contribution in [3.05, 3.63) is 53.8 Å². The van der Waals surface area contributed by atoms with Gasteiger partial charge in [-0.25, -0.2) is 4.39 Å². The van der Waals surface area contributed by atoms with Crippen LogP contribution in [0.15, 0.2) is 42.5 Å². The number of terminal acetylenes is 1. The third-order valence-corrected chi connectivity index (χ3v) is 3.00. The molecule has 0 aliphatic heterocycles. The molecular weight excluding hydrogens is 253 g/mol. The molecule has 2 rings (SSSR count). The molecule has 102 valence electrons. The van der Waals surface area contributed by atoms with Crippen LogP contribution in [0.3, 0.4) is 0 Å². The lowest BCUT2D eigenvalue weighted by Crippen LogP contribution is -2.23. The minimum absolute atomic E-state index is 0.256. The fourth-order valence-corrected chi connectivity index (χ4v) is 1.92. The zero-order valence-electron chi connectivity index (χ0n) is 11.0. The third-order valence-electron chi connectivity index (χ3n) is 3.00. The highest BCUT2D eigenvalue weighted by Gasteiger charge is 2.08. The number of nitrogen functional groups attached to an aromatic ring is 2. The van der Waals surface area contributed by atoms with Gasteiger partial charge in [-0.05, 0) is 35.9 Å². The van der Waals surface area contributed by atoms with E-state index >= 15 is 0 Å². The molecule has 4 N–H and O–H groups in total. The van der Waals surface area contributed by atoms with Crippen molar-refractivity contribution in [2.75, 3.05) is 22.9 Å². The molecule has 0 heterocycles. The van der Waals surface area contributed by atoms with Gasteiger partial charge < -0.3 is 16.4 Å². The Morgan fingerprint density at radius 3 is 2.35 bits per heavy atom. The maximum absolute atomic E-state index is 12.9. The average molecular weight is 269 g/mol. The Hall–Kier alpha value is -2.67. The first-order valence-electron chi connectivity index (χ1n) is 6.18. The summed E-state index contributed by atoms with van der Waals surface area (Å²) >= 11 is 0. The summed E-state index contributed by atoms with van der Waals surface area (Å²) in [5.74, 6) is 2.36. The summed E-state index contributed by atoms with van der Waals surface area (Å²) in [5.41, 5.74) is 14.4. The SMILES string of the molecule is C#CCN(Cc1ccc(F)cc1)c1ccc(N)c(N)c1. The lowest BCUT2D eigenvalue weighted by molar-refractivity contribution is 0.627. The molecule has 0 fully saturated rings. The molecule has 0 saturated carbocycles. The third kappa shape index (κ3) is 3.21. The molecule has 0 amide bonds. The lowest BCUT2D eigenvalue weighted by atomic mass is 10.1. The fraction of sp³-hybridized carbons (Fsp3) is 0.125. The number of anilines is 3. The number of hydrogen-bond donors (Lipinski definition) is 2. The van der Waals surface area contributed by atoms with Crippen molar-refractivity contribution >= 4 is 17.1 Å². The maximum Gasteiger partial charge on any atom is 0.123 e. The highest BCUT2D eigenvalue weighted by Crippen LogP contribution is 2.24. The van der Waals surface area contributed by atoms with E-state index in [1.54, 1.807) is 24.3 Å². The van der Waals surface area contributed by atoms with Crippen LogP contribution in [0.5, 0.6) is 0 Å². The van der Waals surface area contributed by atoms with E-state index in [0.29, 0.717) is 24.5 Å². The molecule has 0 aromatic heterocycles. The Labute approximate surface area is 118 Å². The molecular formula is C16H16FN3. The van der Waals surface area contributed by atoms with E-state index in [1.807, 2.05) is 11.0 Å². The summed E-state index contributed by atoms with van der Waals surface area (Å²) in [5, 5.41) is 0. The van der Waals surface area contributed by atoms with Crippen LogP contribution in [0.25, 0.3) is 0 Å². The zero-order chi connectivity index (χ0) is 14.5. The normalized spacial score (nSPS) is 10.0. The molecule has 0 aliphatic carbocycles. The Morgan fingerprint density at radius 1 is 1.05 bits per heavy atom. The van der Waals surface area contributed by atoms with E-state index < -0.39 is 0 Å². The summed E-state index contributed by atoms with van der Waals surface area (Å²) in [7, 11) is 0. The van der Waals surface area contributed by atoms with Gasteiger partial charge in [0.1, 0.15) is 5.82 Å². The van der Waals surface area contributed by atoms with Crippen molar-refractivity contribution < 1.29 is 4.39 Å². The molecule has 0 atom stereocenters. The van der Waals surface area contributed by atoms with Crippen molar-refractivity contribution in [1.29, 1.82) is 0 Å². The van der Waals surface area contributed by atoms with Crippen molar-refractivity contribution in [3.8, 4) is 12.3 Å². The predicted octanol–water partition coefficient (Wildman–Crippen LogP) is 2.63. The molecule has 0 radical (unpaired) electrons. The van der Waals surface area contributed by atoms with E-state index in [4.69, 9.17) is 17.9 Å². The Bertz CT molecular complexity index is 629. The quantitative estimate of drug-likeness (QED) is 0.662. The van der Waals surface area contributed by atoms with Gasteiger partial charge in [0.05, 0.1) is 17.9 Å². The van der Waals surface area contributed by atoms with Crippen LogP contribution in [-0.4, -0.2) is 6.54 Å². The molecule has 0 bridgehead atoms. The zero-order valence-corrected chi connectivity index (χ0v) is 11.0. The van der Waals surface area contributed by atoms with E-state index in [0.717, 1.165) is 11.3 Å². The van der Waals surface area contributed by atoms with Crippen molar-refractivity contribution in [2.24, 2.45) is 0 Å². The van der Waals surface area contributed by atoms with Gasteiger partial charge >= 0.3 is 0 Å². The summed E-state index contributed by atoms with van der Waals surface area (Å²) < 4.78 is 12.9. The molecule has 2 aromatic rings. The van der Waals surface area contributed by atoms with Gasteiger partial charge in [0.15, 0.2) is 0 Å². The molecule has 0 spiro atoms. The van der Waals surface area contributed by atoms with Gasteiger partial charge in [-0.15, -0.1) is 6.42 Å². The van der Waals surface area contributed by atoms with Crippen molar-refractivity contribution in [2.45, 2.75) is 6.54 Å². The van der Waals surface area contributed by atoms with Crippen LogP contribution in [0.4, 0.5) is 21.5 Å². The highest BCUT2D eigenvalue weighted by atomic mass is 19.1. The van der Waals surface area contributed by atoms with Crippen LogP contribution in [0.1, 0.15) is 5.56 Å². The molecule has 3 nitrogen and oxygen atoms in total. The van der Waals surface area contributed by atoms with E-state index in [1.165, 1.54) is 12.1 Å². The van der Waals surface area contributed by atoms with E-state index in [9.17, 15) is 4.39 Å². The number of hydrogen-bond acceptors (Lipinski definition) is 3. The highest BCUT2D eigenvalue weighted by molar-refractivity contribution is 5.70. The Kier molecular flexibility index (Phi) is 4.11. The number of benzene rings is 2. The molecule has 0 unspecified atom stereocenters. The number of nitrogens with two attached hydrogens (primary N) is 2. The summed E-state index contributed by atoms with van der Waals surface area (Å²) in [6.07, 6.45) is 5.40. The molecule has 2 aromatic carbocycles. The van der Waals surface area contributed by atoms with Crippen molar-refractivity contribution in [1.82, 2.24) is 0 Å². The summed E-state index contributed by atoms with van der Waals surface area (Å²) in [6.45, 7) is 1.01. The Morgan fingerprint density at radius 2 is 1.75 bits per heavy atom. The van der Waals surface area contributed by atoms with E-state index in [2.05, 4.69) is 5.92 Å². The van der Waals surface area contributed by atoms with E-state index in [-0.39, 0.29) is 5.82 Å². The minimum Gasteiger partial charge on any atom is -0.397 e. The van der Waals surface area contributed by atoms with Gasteiger partial charge in [0, 0.05) is 12.2 Å². The monoisotopic (exact) mass is 269 g/mol. The first-order valence-corrected chi connectivity index (χ1v) is 6.18. The van der Waals surface area contributed by atoms with Crippen molar-refractivity contribution in [3.63, 3.8) is 0 Å². The largest absolute Gasteiger partial charge is 0.397 e. The van der Waals surface area contributed by atoms with Crippen LogP contribution in [-0.2, 0) is 6.54 Å². The van der Waals surface area contributed by atoms with Crippen LogP contribution >= 0.6 is 0 Å². The summed E-state index contributed by atoms with van der Waals surface area (Å²) in [4.78, 5) is 1.98. The lowest BCUT2D eigenvalue weighted by Gasteiger charge is -2.23. The standard InChI is InChI=1S/C16H16FN3/c1-2-9-20(11-12-3-5-13(17)6-4-12)14-7-8-15(18)16(19)10-14/h1,3-8,10H,9,11,18-19H2. The second kappa shape index (κ2) is 5.98. The molecule has 20 heavy (non-hydrogen) atoms. The average Bonchev–Trinajstić information content (AvgIpc) is 2.44. The van der Waals surface area contributed by atoms with Crippen LogP contribution in [0.2, 0.25) is 0 Å². The summed E-state index contributed by atoms with van der Waals surface area (Å²) in [6, 6.07) is 11.7. The topological polar surface area (TPSA) is 55.3 Å². The maximum atomic E-state index is 12.9. The second-order valence-corrected chi connectivity index (χ2v) is 4.50. The first-order chi connectivity index (χ1) is 9.60. The number of rotatable bonds is 4.